The molecule has 12 heavy (non-hydrogen) atoms. The van der Waals surface area contributed by atoms with E-state index >= 15 is 0 Å². The molecule has 0 aliphatic carbocycles. The van der Waals surface area contributed by atoms with Crippen molar-refractivity contribution in [2.75, 3.05) is 0 Å². The normalized spacial score (nSPS) is 13.8. The third kappa shape index (κ3) is 2.34. The van der Waals surface area contributed by atoms with E-state index in [0.29, 0.717) is 0 Å². The number of aromatic nitrogens is 1. The predicted octanol–water partition coefficient (Wildman–Crippen LogP) is 0.673. The number of thiazole rings is 1. The molecule has 0 saturated carbocycles. The molecule has 0 saturated heterocycles. The molecule has 0 atom stereocenters. The number of hydrogen-bond donors (Lipinski definition) is 1. The van der Waals surface area contributed by atoms with Crippen LogP contribution in [0.25, 0.3) is 12.7 Å². The van der Waals surface area contributed by atoms with Gasteiger partial charge < -0.3 is 4.98 Å². The predicted molar refractivity (Wildman–Crippen MR) is 53.6 cm³/mol. The lowest BCUT2D eigenvalue weighted by atomic mass is 9.97. The first-order valence-corrected chi connectivity index (χ1v) is 4.61. The van der Waals surface area contributed by atoms with E-state index in [2.05, 4.69) is 32.3 Å². The molecule has 0 amide bonds. The van der Waals surface area contributed by atoms with Crippen LogP contribution in [0.1, 0.15) is 20.8 Å². The van der Waals surface area contributed by atoms with Crippen LogP contribution < -0.4 is 14.8 Å². The Morgan fingerprint density at radius 2 is 2.08 bits per heavy atom. The summed E-state index contributed by atoms with van der Waals surface area (Å²) in [5.41, 5.74) is 0.0181. The largest absolute Gasteiger partial charge is 0.313 e. The zero-order valence-corrected chi connectivity index (χ0v) is 8.42. The lowest BCUT2D eigenvalue weighted by Crippen LogP contribution is -2.22. The van der Waals surface area contributed by atoms with E-state index < -0.39 is 0 Å². The van der Waals surface area contributed by atoms with E-state index in [4.69, 9.17) is 0 Å². The Morgan fingerprint density at radius 1 is 1.50 bits per heavy atom. The Bertz CT molecular complexity index is 419. The summed E-state index contributed by atoms with van der Waals surface area (Å²) in [7, 11) is 0. The molecule has 1 aromatic heterocycles. The molecule has 0 aromatic carbocycles. The standard InChI is InChI=1S/C9H13NOS/c1-6-10-8(11)7(12-6)5-9(2,3)4/h5H,1H2,2-4H3,(H,10,11)/b7-5-. The van der Waals surface area contributed by atoms with Gasteiger partial charge in [-0.1, -0.05) is 33.4 Å². The quantitative estimate of drug-likeness (QED) is 0.630. The first-order chi connectivity index (χ1) is 5.38. The van der Waals surface area contributed by atoms with Crippen molar-refractivity contribution >= 4 is 24.0 Å². The summed E-state index contributed by atoms with van der Waals surface area (Å²) in [5.74, 6) is 0. The SMILES string of the molecule is C=c1[nH]c(=O)/c(=C/C(C)(C)C)s1. The van der Waals surface area contributed by atoms with Crippen molar-refractivity contribution in [2.24, 2.45) is 5.41 Å². The van der Waals surface area contributed by atoms with Crippen LogP contribution in [0.3, 0.4) is 0 Å². The van der Waals surface area contributed by atoms with Gasteiger partial charge in [0, 0.05) is 0 Å². The van der Waals surface area contributed by atoms with Crippen molar-refractivity contribution < 1.29 is 0 Å². The van der Waals surface area contributed by atoms with Crippen molar-refractivity contribution in [3.8, 4) is 0 Å². The van der Waals surface area contributed by atoms with Crippen molar-refractivity contribution in [1.29, 1.82) is 0 Å². The van der Waals surface area contributed by atoms with Crippen molar-refractivity contribution in [3.63, 3.8) is 0 Å². The second-order valence-electron chi connectivity index (χ2n) is 3.85. The van der Waals surface area contributed by atoms with Gasteiger partial charge in [0.25, 0.3) is 5.56 Å². The molecule has 1 N–H and O–H groups in total. The Hall–Kier alpha value is -0.830. The van der Waals surface area contributed by atoms with Crippen LogP contribution in [-0.4, -0.2) is 4.98 Å². The fourth-order valence-corrected chi connectivity index (χ4v) is 1.85. The Labute approximate surface area is 75.3 Å². The highest BCUT2D eigenvalue weighted by atomic mass is 32.1. The zero-order valence-electron chi connectivity index (χ0n) is 7.60. The summed E-state index contributed by atoms with van der Waals surface area (Å²) in [6.07, 6.45) is 1.96. The average Bonchev–Trinajstić information content (AvgIpc) is 2.06. The summed E-state index contributed by atoms with van der Waals surface area (Å²) in [4.78, 5) is 13.9. The molecule has 3 heteroatoms. The fraction of sp³-hybridized carbons (Fsp3) is 0.444. The topological polar surface area (TPSA) is 32.9 Å². The summed E-state index contributed by atoms with van der Waals surface area (Å²) in [6.45, 7) is 9.87. The van der Waals surface area contributed by atoms with Gasteiger partial charge in [-0.2, -0.15) is 0 Å². The van der Waals surface area contributed by atoms with E-state index in [1.807, 2.05) is 6.08 Å². The summed E-state index contributed by atoms with van der Waals surface area (Å²) >= 11 is 1.41. The molecular weight excluding hydrogens is 170 g/mol. The van der Waals surface area contributed by atoms with Crippen LogP contribution in [0.4, 0.5) is 0 Å². The molecular formula is C9H13NOS. The van der Waals surface area contributed by atoms with Gasteiger partial charge in [0.05, 0.1) is 9.20 Å². The third-order valence-electron chi connectivity index (χ3n) is 1.27. The highest BCUT2D eigenvalue weighted by Gasteiger charge is 2.05. The molecule has 66 valence electrons. The maximum absolute atomic E-state index is 11.2. The van der Waals surface area contributed by atoms with Crippen LogP contribution in [0, 0.1) is 5.41 Å². The molecule has 0 fully saturated rings. The number of hydrogen-bond acceptors (Lipinski definition) is 2. The first kappa shape index (κ1) is 9.26. The second-order valence-corrected chi connectivity index (χ2v) is 4.99. The molecule has 0 spiro atoms. The van der Waals surface area contributed by atoms with Gasteiger partial charge in [0.1, 0.15) is 0 Å². The van der Waals surface area contributed by atoms with Crippen molar-refractivity contribution in [1.82, 2.24) is 4.98 Å². The van der Waals surface area contributed by atoms with E-state index in [1.165, 1.54) is 11.3 Å². The van der Waals surface area contributed by atoms with Crippen LogP contribution in [0.5, 0.6) is 0 Å². The van der Waals surface area contributed by atoms with Gasteiger partial charge >= 0.3 is 0 Å². The van der Waals surface area contributed by atoms with Crippen LogP contribution in [0.15, 0.2) is 4.79 Å². The second kappa shape index (κ2) is 2.90. The van der Waals surface area contributed by atoms with Crippen molar-refractivity contribution in [2.45, 2.75) is 20.8 Å². The van der Waals surface area contributed by atoms with E-state index in [0.717, 1.165) is 9.20 Å². The number of nitrogens with one attached hydrogen (secondary N) is 1. The maximum atomic E-state index is 11.2. The molecule has 0 unspecified atom stereocenters. The molecule has 2 nitrogen and oxygen atoms in total. The Balaban J connectivity index is 3.38. The van der Waals surface area contributed by atoms with Crippen molar-refractivity contribution in [3.05, 3.63) is 19.5 Å². The zero-order chi connectivity index (χ0) is 9.35. The average molecular weight is 183 g/mol. The van der Waals surface area contributed by atoms with E-state index in [9.17, 15) is 4.79 Å². The Kier molecular flexibility index (Phi) is 2.24. The molecule has 1 rings (SSSR count). The minimum absolute atomic E-state index is 0.0278. The monoisotopic (exact) mass is 183 g/mol. The fourth-order valence-electron chi connectivity index (χ4n) is 0.881. The van der Waals surface area contributed by atoms with Crippen LogP contribution >= 0.6 is 11.3 Å². The first-order valence-electron chi connectivity index (χ1n) is 3.79. The van der Waals surface area contributed by atoms with Crippen LogP contribution in [-0.2, 0) is 0 Å². The van der Waals surface area contributed by atoms with Gasteiger partial charge in [-0.25, -0.2) is 0 Å². The lowest BCUT2D eigenvalue weighted by molar-refractivity contribution is 0.585. The molecule has 0 bridgehead atoms. The summed E-state index contributed by atoms with van der Waals surface area (Å²) in [5, 5.41) is 0. The van der Waals surface area contributed by atoms with E-state index in [-0.39, 0.29) is 11.0 Å². The van der Waals surface area contributed by atoms with Gasteiger partial charge in [-0.15, -0.1) is 11.3 Å². The maximum Gasteiger partial charge on any atom is 0.266 e. The van der Waals surface area contributed by atoms with Gasteiger partial charge in [-0.3, -0.25) is 4.79 Å². The highest BCUT2D eigenvalue weighted by Crippen LogP contribution is 2.13. The highest BCUT2D eigenvalue weighted by molar-refractivity contribution is 7.07. The number of rotatable bonds is 0. The van der Waals surface area contributed by atoms with E-state index in [1.54, 1.807) is 0 Å². The summed E-state index contributed by atoms with van der Waals surface area (Å²) in [6, 6.07) is 0. The lowest BCUT2D eigenvalue weighted by Gasteiger charge is -2.09. The molecule has 0 aliphatic rings. The molecule has 1 aromatic rings. The number of aromatic amines is 1. The minimum Gasteiger partial charge on any atom is -0.313 e. The third-order valence-corrected chi connectivity index (χ3v) is 2.15. The van der Waals surface area contributed by atoms with Gasteiger partial charge in [0.2, 0.25) is 0 Å². The van der Waals surface area contributed by atoms with Crippen LogP contribution in [0.2, 0.25) is 0 Å². The smallest absolute Gasteiger partial charge is 0.266 e. The van der Waals surface area contributed by atoms with Gasteiger partial charge in [0.15, 0.2) is 0 Å². The minimum atomic E-state index is -0.0278. The van der Waals surface area contributed by atoms with Gasteiger partial charge in [-0.05, 0) is 5.41 Å². The molecule has 0 aliphatic heterocycles. The molecule has 1 heterocycles. The summed E-state index contributed by atoms with van der Waals surface area (Å²) < 4.78 is 1.48. The number of H-pyrrole nitrogens is 1. The Morgan fingerprint density at radius 3 is 2.42 bits per heavy atom. The molecule has 0 radical (unpaired) electrons.